The van der Waals surface area contributed by atoms with E-state index in [1.54, 1.807) is 0 Å². The average molecular weight is 533 g/mol. The summed E-state index contributed by atoms with van der Waals surface area (Å²) in [7, 11) is 0. The van der Waals surface area contributed by atoms with Crippen molar-refractivity contribution in [2.24, 2.45) is 0 Å². The van der Waals surface area contributed by atoms with Crippen LogP contribution in [0.25, 0.3) is 22.3 Å². The molecule has 0 saturated heterocycles. The predicted octanol–water partition coefficient (Wildman–Crippen LogP) is 10.9. The Kier molecular flexibility index (Phi) is 9.75. The predicted molar refractivity (Wildman–Crippen MR) is 159 cm³/mol. The third-order valence-corrected chi connectivity index (χ3v) is 8.78. The van der Waals surface area contributed by atoms with Crippen molar-refractivity contribution in [3.05, 3.63) is 82.4 Å². The monoisotopic (exact) mass is 531 g/mol. The number of nitrogens with zero attached hydrogens (tertiary/aromatic N) is 1. The Bertz CT molecular complexity index is 1240. The van der Waals surface area contributed by atoms with Gasteiger partial charge in [-0.1, -0.05) is 95.5 Å². The smallest absolute Gasteiger partial charge is 0.0991 e. The van der Waals surface area contributed by atoms with Gasteiger partial charge in [0.1, 0.15) is 0 Å². The summed E-state index contributed by atoms with van der Waals surface area (Å²) < 4.78 is 0. The molecule has 1 aliphatic rings. The highest BCUT2D eigenvalue weighted by molar-refractivity contribution is 6.18. The summed E-state index contributed by atoms with van der Waals surface area (Å²) in [5, 5.41) is 9.77. The number of rotatable bonds is 13. The second-order valence-corrected chi connectivity index (χ2v) is 11.1. The summed E-state index contributed by atoms with van der Waals surface area (Å²) >= 11 is 12.6. The van der Waals surface area contributed by atoms with Gasteiger partial charge in [-0.15, -0.1) is 23.2 Å². The van der Waals surface area contributed by atoms with Crippen LogP contribution in [0.15, 0.2) is 54.6 Å². The third kappa shape index (κ3) is 5.77. The number of halogens is 2. The summed E-state index contributed by atoms with van der Waals surface area (Å²) in [5.41, 5.74) is 10.8. The lowest BCUT2D eigenvalue weighted by molar-refractivity contribution is 0.401. The molecule has 0 aliphatic heterocycles. The summed E-state index contributed by atoms with van der Waals surface area (Å²) in [4.78, 5) is 0. The summed E-state index contributed by atoms with van der Waals surface area (Å²) in [5.74, 6) is 0.960. The van der Waals surface area contributed by atoms with Crippen LogP contribution in [-0.2, 0) is 17.2 Å². The SMILES string of the molecule is CCCCCCC1(CCCCCC)c2cc(C#N)ccc2-c2ccc(-c3cc(CCl)ccc3CCl)cc21. The van der Waals surface area contributed by atoms with Gasteiger partial charge in [-0.25, -0.2) is 0 Å². The van der Waals surface area contributed by atoms with Crippen molar-refractivity contribution < 1.29 is 0 Å². The quantitative estimate of drug-likeness (QED) is 0.159. The van der Waals surface area contributed by atoms with Crippen molar-refractivity contribution in [3.63, 3.8) is 0 Å². The van der Waals surface area contributed by atoms with Crippen LogP contribution in [0, 0.1) is 11.3 Å². The van der Waals surface area contributed by atoms with E-state index in [1.165, 1.54) is 84.7 Å². The zero-order valence-electron chi connectivity index (χ0n) is 22.4. The maximum absolute atomic E-state index is 9.77. The molecule has 0 amide bonds. The van der Waals surface area contributed by atoms with Gasteiger partial charge in [-0.05, 0) is 81.6 Å². The van der Waals surface area contributed by atoms with E-state index in [0.717, 1.165) is 29.5 Å². The van der Waals surface area contributed by atoms with Crippen molar-refractivity contribution in [1.29, 1.82) is 5.26 Å². The lowest BCUT2D eigenvalue weighted by Crippen LogP contribution is -2.25. The van der Waals surface area contributed by atoms with E-state index in [1.807, 2.05) is 6.07 Å². The Morgan fingerprint density at radius 1 is 0.676 bits per heavy atom. The molecule has 194 valence electrons. The molecule has 0 saturated carbocycles. The van der Waals surface area contributed by atoms with E-state index >= 15 is 0 Å². The van der Waals surface area contributed by atoms with Crippen LogP contribution in [0.5, 0.6) is 0 Å². The first-order chi connectivity index (χ1) is 18.1. The minimum absolute atomic E-state index is 0.0553. The van der Waals surface area contributed by atoms with Gasteiger partial charge in [0.05, 0.1) is 11.6 Å². The third-order valence-electron chi connectivity index (χ3n) is 8.19. The molecule has 0 fully saturated rings. The Morgan fingerprint density at radius 3 is 1.92 bits per heavy atom. The highest BCUT2D eigenvalue weighted by Gasteiger charge is 2.42. The largest absolute Gasteiger partial charge is 0.192 e. The van der Waals surface area contributed by atoms with Gasteiger partial charge in [0, 0.05) is 17.2 Å². The summed E-state index contributed by atoms with van der Waals surface area (Å²) in [6, 6.07) is 22.1. The molecule has 0 atom stereocenters. The van der Waals surface area contributed by atoms with Crippen molar-refractivity contribution in [2.75, 3.05) is 0 Å². The van der Waals surface area contributed by atoms with Crippen LogP contribution >= 0.6 is 23.2 Å². The number of benzene rings is 3. The molecule has 3 aromatic rings. The van der Waals surface area contributed by atoms with Gasteiger partial charge in [0.25, 0.3) is 0 Å². The molecule has 0 spiro atoms. The molecule has 0 bridgehead atoms. The van der Waals surface area contributed by atoms with E-state index in [4.69, 9.17) is 23.2 Å². The number of alkyl halides is 2. The van der Waals surface area contributed by atoms with Gasteiger partial charge in [-0.2, -0.15) is 5.26 Å². The Hall–Kier alpha value is -2.27. The van der Waals surface area contributed by atoms with Gasteiger partial charge < -0.3 is 0 Å². The van der Waals surface area contributed by atoms with E-state index in [9.17, 15) is 5.26 Å². The van der Waals surface area contributed by atoms with Crippen molar-refractivity contribution in [3.8, 4) is 28.3 Å². The molecule has 3 heteroatoms. The zero-order chi connectivity index (χ0) is 26.3. The normalized spacial score (nSPS) is 13.3. The minimum Gasteiger partial charge on any atom is -0.192 e. The highest BCUT2D eigenvalue weighted by Crippen LogP contribution is 2.55. The second-order valence-electron chi connectivity index (χ2n) is 10.6. The topological polar surface area (TPSA) is 23.8 Å². The Balaban J connectivity index is 1.88. The number of fused-ring (bicyclic) bond motifs is 3. The second kappa shape index (κ2) is 13.0. The molecule has 0 radical (unpaired) electrons. The molecule has 0 unspecified atom stereocenters. The van der Waals surface area contributed by atoms with Gasteiger partial charge in [0.15, 0.2) is 0 Å². The number of hydrogen-bond acceptors (Lipinski definition) is 1. The zero-order valence-corrected chi connectivity index (χ0v) is 23.9. The van der Waals surface area contributed by atoms with Crippen LogP contribution in [-0.4, -0.2) is 0 Å². The average Bonchev–Trinajstić information content (AvgIpc) is 3.21. The van der Waals surface area contributed by atoms with Gasteiger partial charge in [0.2, 0.25) is 0 Å². The van der Waals surface area contributed by atoms with E-state index in [0.29, 0.717) is 11.8 Å². The Morgan fingerprint density at radius 2 is 1.32 bits per heavy atom. The molecular formula is C34H39Cl2N. The van der Waals surface area contributed by atoms with Gasteiger partial charge in [-0.3, -0.25) is 0 Å². The number of hydrogen-bond donors (Lipinski definition) is 0. The Labute approximate surface area is 233 Å². The maximum Gasteiger partial charge on any atom is 0.0991 e. The number of nitriles is 1. The summed E-state index contributed by atoms with van der Waals surface area (Å²) in [6.45, 7) is 4.55. The van der Waals surface area contributed by atoms with Crippen LogP contribution < -0.4 is 0 Å². The molecule has 0 aromatic heterocycles. The standard InChI is InChI=1S/C34H39Cl2N/c1-3-5-7-9-17-34(18-10-8-6-4-2)32-20-26(24-37)12-15-29(32)30-16-14-27(21-33(30)34)31-19-25(22-35)11-13-28(31)23-36/h11-16,19-21H,3-10,17-18,22-23H2,1-2H3. The minimum atomic E-state index is -0.0553. The van der Waals surface area contributed by atoms with E-state index in [-0.39, 0.29) is 5.41 Å². The van der Waals surface area contributed by atoms with Gasteiger partial charge >= 0.3 is 0 Å². The first kappa shape index (κ1) is 27.8. The lowest BCUT2D eigenvalue weighted by Gasteiger charge is -2.33. The number of unbranched alkanes of at least 4 members (excludes halogenated alkanes) is 6. The van der Waals surface area contributed by atoms with Crippen molar-refractivity contribution in [1.82, 2.24) is 0 Å². The van der Waals surface area contributed by atoms with Crippen LogP contribution in [0.4, 0.5) is 0 Å². The first-order valence-electron chi connectivity index (χ1n) is 14.1. The molecule has 1 aliphatic carbocycles. The molecule has 0 heterocycles. The van der Waals surface area contributed by atoms with Crippen LogP contribution in [0.3, 0.4) is 0 Å². The molecule has 4 rings (SSSR count). The summed E-state index contributed by atoms with van der Waals surface area (Å²) in [6.07, 6.45) is 12.2. The molecule has 37 heavy (non-hydrogen) atoms. The van der Waals surface area contributed by atoms with Crippen LogP contribution in [0.2, 0.25) is 0 Å². The fourth-order valence-corrected chi connectivity index (χ4v) is 6.59. The van der Waals surface area contributed by atoms with Crippen molar-refractivity contribution in [2.45, 2.75) is 95.2 Å². The molecular weight excluding hydrogens is 493 g/mol. The molecule has 1 nitrogen and oxygen atoms in total. The fraction of sp³-hybridized carbons (Fsp3) is 0.441. The lowest BCUT2D eigenvalue weighted by atomic mass is 9.70. The fourth-order valence-electron chi connectivity index (χ4n) is 6.20. The first-order valence-corrected chi connectivity index (χ1v) is 15.1. The van der Waals surface area contributed by atoms with E-state index in [2.05, 4.69) is 68.4 Å². The molecule has 3 aromatic carbocycles. The maximum atomic E-state index is 9.77. The van der Waals surface area contributed by atoms with Crippen molar-refractivity contribution >= 4 is 23.2 Å². The van der Waals surface area contributed by atoms with E-state index < -0.39 is 0 Å². The highest BCUT2D eigenvalue weighted by atomic mass is 35.5. The van der Waals surface area contributed by atoms with Crippen LogP contribution in [0.1, 0.15) is 106 Å². The molecule has 0 N–H and O–H groups in total.